The first-order valence-corrected chi connectivity index (χ1v) is 6.72. The Hall–Kier alpha value is -2.63. The maximum Gasteiger partial charge on any atom is 0.342 e. The van der Waals surface area contributed by atoms with Crippen molar-refractivity contribution in [3.05, 3.63) is 53.2 Å². The zero-order valence-electron chi connectivity index (χ0n) is 12.5. The predicted molar refractivity (Wildman–Crippen MR) is 78.1 cm³/mol. The summed E-state index contributed by atoms with van der Waals surface area (Å²) in [5.41, 5.74) is 0.300. The lowest BCUT2D eigenvalue weighted by molar-refractivity contribution is -0.123. The molecular formula is C16H16FNO4. The minimum Gasteiger partial charge on any atom is -0.466 e. The molecule has 6 heteroatoms. The molecule has 0 spiro atoms. The number of carbonyl (C=O) groups is 2. The van der Waals surface area contributed by atoms with Crippen molar-refractivity contribution in [2.24, 2.45) is 0 Å². The third-order valence-electron chi connectivity index (χ3n) is 3.05. The molecule has 0 aliphatic carbocycles. The molecule has 0 saturated carbocycles. The van der Waals surface area contributed by atoms with Crippen LogP contribution in [0.4, 0.5) is 10.1 Å². The smallest absolute Gasteiger partial charge is 0.342 e. The van der Waals surface area contributed by atoms with Gasteiger partial charge in [-0.05, 0) is 39.0 Å². The number of nitrogens with one attached hydrogen (secondary N) is 1. The van der Waals surface area contributed by atoms with Gasteiger partial charge in [0.1, 0.15) is 22.9 Å². The van der Waals surface area contributed by atoms with Crippen molar-refractivity contribution in [3.63, 3.8) is 0 Å². The number of furan rings is 1. The Bertz CT molecular complexity index is 708. The molecule has 22 heavy (non-hydrogen) atoms. The van der Waals surface area contributed by atoms with Crippen LogP contribution < -0.4 is 5.32 Å². The van der Waals surface area contributed by atoms with Crippen molar-refractivity contribution >= 4 is 17.6 Å². The fourth-order valence-corrected chi connectivity index (χ4v) is 1.91. The molecule has 0 saturated heterocycles. The number of aryl methyl sites for hydroxylation is 2. The summed E-state index contributed by atoms with van der Waals surface area (Å²) in [6, 6.07) is 7.29. The predicted octanol–water partition coefficient (Wildman–Crippen LogP) is 3.22. The highest BCUT2D eigenvalue weighted by Gasteiger charge is 2.22. The van der Waals surface area contributed by atoms with Gasteiger partial charge in [0.2, 0.25) is 0 Å². The van der Waals surface area contributed by atoms with Crippen LogP contribution in [0.15, 0.2) is 34.7 Å². The van der Waals surface area contributed by atoms with Crippen molar-refractivity contribution in [2.45, 2.75) is 26.9 Å². The van der Waals surface area contributed by atoms with Crippen LogP contribution in [0.3, 0.4) is 0 Å². The number of esters is 1. The van der Waals surface area contributed by atoms with Gasteiger partial charge in [0.25, 0.3) is 5.91 Å². The van der Waals surface area contributed by atoms with E-state index in [2.05, 4.69) is 5.32 Å². The Labute approximate surface area is 127 Å². The van der Waals surface area contributed by atoms with Gasteiger partial charge in [-0.1, -0.05) is 12.1 Å². The van der Waals surface area contributed by atoms with E-state index in [-0.39, 0.29) is 11.3 Å². The molecule has 5 nitrogen and oxygen atoms in total. The number of anilines is 1. The zero-order chi connectivity index (χ0) is 16.3. The highest BCUT2D eigenvalue weighted by molar-refractivity contribution is 5.97. The maximum atomic E-state index is 13.5. The molecular weight excluding hydrogens is 289 g/mol. The van der Waals surface area contributed by atoms with Crippen LogP contribution in [0.25, 0.3) is 0 Å². The average Bonchev–Trinajstić information content (AvgIpc) is 2.80. The summed E-state index contributed by atoms with van der Waals surface area (Å²) in [6.07, 6.45) is -1.07. The van der Waals surface area contributed by atoms with E-state index in [9.17, 15) is 14.0 Å². The third kappa shape index (κ3) is 3.52. The molecule has 1 amide bonds. The van der Waals surface area contributed by atoms with Crippen molar-refractivity contribution in [3.8, 4) is 0 Å². The van der Waals surface area contributed by atoms with E-state index >= 15 is 0 Å². The van der Waals surface area contributed by atoms with Crippen LogP contribution in [0.5, 0.6) is 0 Å². The summed E-state index contributed by atoms with van der Waals surface area (Å²) < 4.78 is 23.8. The van der Waals surface area contributed by atoms with Crippen molar-refractivity contribution in [1.82, 2.24) is 0 Å². The van der Waals surface area contributed by atoms with Gasteiger partial charge in [-0.25, -0.2) is 9.18 Å². The first kappa shape index (κ1) is 15.8. The van der Waals surface area contributed by atoms with Gasteiger partial charge in [-0.2, -0.15) is 0 Å². The summed E-state index contributed by atoms with van der Waals surface area (Å²) in [5, 5.41) is 2.37. The Balaban J connectivity index is 2.01. The second-order valence-electron chi connectivity index (χ2n) is 4.84. The SMILES string of the molecule is Cc1cc(C(=O)OC(C)C(=O)Nc2ccccc2F)c(C)o1. The van der Waals surface area contributed by atoms with Crippen molar-refractivity contribution < 1.29 is 23.1 Å². The number of rotatable bonds is 4. The number of carbonyl (C=O) groups excluding carboxylic acids is 2. The van der Waals surface area contributed by atoms with Crippen molar-refractivity contribution in [1.29, 1.82) is 0 Å². The number of benzene rings is 1. The number of ether oxygens (including phenoxy) is 1. The summed E-state index contributed by atoms with van der Waals surface area (Å²) >= 11 is 0. The van der Waals surface area contributed by atoms with E-state index < -0.39 is 23.8 Å². The molecule has 2 rings (SSSR count). The monoisotopic (exact) mass is 305 g/mol. The molecule has 0 radical (unpaired) electrons. The van der Waals surface area contributed by atoms with Gasteiger partial charge in [-0.15, -0.1) is 0 Å². The molecule has 116 valence electrons. The number of amides is 1. The molecule has 0 aliphatic rings. The lowest BCUT2D eigenvalue weighted by atomic mass is 10.2. The third-order valence-corrected chi connectivity index (χ3v) is 3.05. The molecule has 0 bridgehead atoms. The molecule has 1 N–H and O–H groups in total. The van der Waals surface area contributed by atoms with E-state index in [0.717, 1.165) is 0 Å². The van der Waals surface area contributed by atoms with Crippen LogP contribution in [-0.2, 0) is 9.53 Å². The quantitative estimate of drug-likeness (QED) is 0.881. The first-order valence-electron chi connectivity index (χ1n) is 6.72. The van der Waals surface area contributed by atoms with Gasteiger partial charge in [-0.3, -0.25) is 4.79 Å². The van der Waals surface area contributed by atoms with Gasteiger partial charge in [0.05, 0.1) is 5.69 Å². The van der Waals surface area contributed by atoms with E-state index in [4.69, 9.17) is 9.15 Å². The molecule has 1 atom stereocenters. The Kier molecular flexibility index (Phi) is 4.60. The summed E-state index contributed by atoms with van der Waals surface area (Å²) in [5.74, 6) is -0.838. The number of para-hydroxylation sites is 1. The standard InChI is InChI=1S/C16H16FNO4/c1-9-8-12(10(2)21-9)16(20)22-11(3)15(19)18-14-7-5-4-6-13(14)17/h4-8,11H,1-3H3,(H,18,19). The van der Waals surface area contributed by atoms with Gasteiger partial charge in [0, 0.05) is 0 Å². The van der Waals surface area contributed by atoms with Crippen LogP contribution in [-0.4, -0.2) is 18.0 Å². The summed E-state index contributed by atoms with van der Waals surface area (Å²) in [6.45, 7) is 4.75. The van der Waals surface area contributed by atoms with E-state index in [1.807, 2.05) is 0 Å². The Morgan fingerprint density at radius 2 is 1.95 bits per heavy atom. The molecule has 0 fully saturated rings. The fourth-order valence-electron chi connectivity index (χ4n) is 1.91. The van der Waals surface area contributed by atoms with Gasteiger partial charge >= 0.3 is 5.97 Å². The molecule has 1 heterocycles. The first-order chi connectivity index (χ1) is 10.4. The summed E-state index contributed by atoms with van der Waals surface area (Å²) in [4.78, 5) is 23.9. The molecule has 0 aliphatic heterocycles. The molecule has 1 aromatic heterocycles. The largest absolute Gasteiger partial charge is 0.466 e. The van der Waals surface area contributed by atoms with Crippen LogP contribution in [0.2, 0.25) is 0 Å². The Morgan fingerprint density at radius 1 is 1.27 bits per heavy atom. The zero-order valence-corrected chi connectivity index (χ0v) is 12.5. The van der Waals surface area contributed by atoms with Crippen LogP contribution in [0.1, 0.15) is 28.8 Å². The van der Waals surface area contributed by atoms with E-state index in [1.165, 1.54) is 25.1 Å². The summed E-state index contributed by atoms with van der Waals surface area (Å²) in [7, 11) is 0. The van der Waals surface area contributed by atoms with Crippen LogP contribution in [0, 0.1) is 19.7 Å². The second-order valence-corrected chi connectivity index (χ2v) is 4.84. The number of hydrogen-bond acceptors (Lipinski definition) is 4. The van der Waals surface area contributed by atoms with Crippen molar-refractivity contribution in [2.75, 3.05) is 5.32 Å². The lowest BCUT2D eigenvalue weighted by Gasteiger charge is -2.13. The normalized spacial score (nSPS) is 11.8. The van der Waals surface area contributed by atoms with E-state index in [0.29, 0.717) is 11.5 Å². The van der Waals surface area contributed by atoms with E-state index in [1.54, 1.807) is 26.0 Å². The minimum atomic E-state index is -1.07. The Morgan fingerprint density at radius 3 is 2.55 bits per heavy atom. The second kappa shape index (κ2) is 6.43. The fraction of sp³-hybridized carbons (Fsp3) is 0.250. The van der Waals surface area contributed by atoms with Gasteiger partial charge in [0.15, 0.2) is 6.10 Å². The number of hydrogen-bond donors (Lipinski definition) is 1. The molecule has 2 aromatic rings. The van der Waals surface area contributed by atoms with Gasteiger partial charge < -0.3 is 14.5 Å². The maximum absolute atomic E-state index is 13.5. The lowest BCUT2D eigenvalue weighted by Crippen LogP contribution is -2.30. The highest BCUT2D eigenvalue weighted by Crippen LogP contribution is 2.17. The van der Waals surface area contributed by atoms with Crippen LogP contribution >= 0.6 is 0 Å². The number of halogens is 1. The molecule has 1 aromatic carbocycles. The molecule has 1 unspecified atom stereocenters. The average molecular weight is 305 g/mol. The minimum absolute atomic E-state index is 0.0331. The topological polar surface area (TPSA) is 68.5 Å². The highest BCUT2D eigenvalue weighted by atomic mass is 19.1.